The molecular weight excluding hydrogens is 238 g/mol. The second-order valence-corrected chi connectivity index (χ2v) is 3.84. The Hall–Kier alpha value is -1.53. The Morgan fingerprint density at radius 2 is 2.26 bits per heavy atom. The van der Waals surface area contributed by atoms with Gasteiger partial charge in [0.25, 0.3) is 0 Å². The van der Waals surface area contributed by atoms with E-state index in [1.807, 2.05) is 0 Å². The fourth-order valence-electron chi connectivity index (χ4n) is 1.52. The molecule has 0 aliphatic heterocycles. The molecule has 3 nitrogen and oxygen atoms in total. The lowest BCUT2D eigenvalue weighted by Gasteiger charge is -2.21. The fraction of sp³-hybridized carbons (Fsp3) is 0.562. The van der Waals surface area contributed by atoms with Crippen LogP contribution in [0.2, 0.25) is 0 Å². The maximum Gasteiger partial charge on any atom is 0.119 e. The minimum Gasteiger partial charge on any atom is -0.493 e. The number of hydrogen-bond donors (Lipinski definition) is 1. The van der Waals surface area contributed by atoms with E-state index >= 15 is 0 Å². The molecular formula is C16H21NO2. The molecule has 0 radical (unpaired) electrons. The van der Waals surface area contributed by atoms with Crippen molar-refractivity contribution in [2.24, 2.45) is 5.89 Å². The van der Waals surface area contributed by atoms with Gasteiger partial charge in [0.15, 0.2) is 0 Å². The molecule has 0 saturated heterocycles. The minimum atomic E-state index is -3.58. The van der Waals surface area contributed by atoms with E-state index in [1.54, 1.807) is 6.07 Å². The minimum absolute atomic E-state index is 0.0441. The van der Waals surface area contributed by atoms with Crippen LogP contribution in [0.5, 0.6) is 5.75 Å². The van der Waals surface area contributed by atoms with Crippen LogP contribution in [0, 0.1) is 17.2 Å². The number of nitriles is 1. The van der Waals surface area contributed by atoms with Crippen molar-refractivity contribution in [3.63, 3.8) is 0 Å². The molecule has 3 heteroatoms. The van der Waals surface area contributed by atoms with Crippen LogP contribution in [0.25, 0.3) is 0 Å². The quantitative estimate of drug-likeness (QED) is 0.889. The zero-order valence-corrected chi connectivity index (χ0v) is 10.1. The Labute approximate surface area is 130 Å². The molecule has 1 aromatic rings. The van der Waals surface area contributed by atoms with E-state index in [0.29, 0.717) is 0 Å². The van der Waals surface area contributed by atoms with Gasteiger partial charge >= 0.3 is 0 Å². The van der Waals surface area contributed by atoms with Gasteiger partial charge in [-0.25, -0.2) is 0 Å². The third-order valence-electron chi connectivity index (χ3n) is 2.46. The van der Waals surface area contributed by atoms with Gasteiger partial charge in [0, 0.05) is 15.1 Å². The van der Waals surface area contributed by atoms with Crippen LogP contribution in [0.3, 0.4) is 0 Å². The Morgan fingerprint density at radius 1 is 1.47 bits per heavy atom. The molecule has 1 aromatic carbocycles. The molecule has 1 saturated carbocycles. The van der Waals surface area contributed by atoms with Crippen LogP contribution in [0.15, 0.2) is 24.3 Å². The molecule has 0 spiro atoms. The van der Waals surface area contributed by atoms with E-state index in [0.717, 1.165) is 0 Å². The van der Waals surface area contributed by atoms with Crippen LogP contribution in [0.4, 0.5) is 0 Å². The summed E-state index contributed by atoms with van der Waals surface area (Å²) in [6.07, 6.45) is -19.1. The molecule has 1 fully saturated rings. The first-order chi connectivity index (χ1) is 13.4. The SMILES string of the molecule is [2H]C1([2H])C([2H])([2H])C([2H])([2H])C([2H])(COc2cccc(C(O)CC#N)c2)C([2H])([2H])C1([2H])[2H]. The number of rotatable bonds is 5. The van der Waals surface area contributed by atoms with E-state index < -0.39 is 50.5 Å². The van der Waals surface area contributed by atoms with Gasteiger partial charge in [0.05, 0.1) is 25.2 Å². The topological polar surface area (TPSA) is 53.2 Å². The van der Waals surface area contributed by atoms with E-state index in [-0.39, 0.29) is 17.7 Å². The largest absolute Gasteiger partial charge is 0.493 e. The molecule has 1 aliphatic carbocycles. The number of ether oxygens (including phenoxy) is 1. The van der Waals surface area contributed by atoms with Crippen LogP contribution >= 0.6 is 0 Å². The van der Waals surface area contributed by atoms with Crippen LogP contribution in [0.1, 0.15) is 65.0 Å². The molecule has 2 rings (SSSR count). The highest BCUT2D eigenvalue weighted by atomic mass is 16.5. The summed E-state index contributed by atoms with van der Waals surface area (Å²) in [7, 11) is 0. The molecule has 1 N–H and O–H groups in total. The molecule has 0 heterocycles. The molecule has 102 valence electrons. The van der Waals surface area contributed by atoms with Crippen molar-refractivity contribution in [3.05, 3.63) is 29.8 Å². The van der Waals surface area contributed by atoms with Crippen molar-refractivity contribution in [2.45, 2.75) is 44.4 Å². The lowest BCUT2D eigenvalue weighted by molar-refractivity contribution is 0.181. The number of benzene rings is 1. The Morgan fingerprint density at radius 3 is 3.00 bits per heavy atom. The van der Waals surface area contributed by atoms with Gasteiger partial charge in [-0.1, -0.05) is 31.3 Å². The third-order valence-corrected chi connectivity index (χ3v) is 2.46. The predicted octanol–water partition coefficient (Wildman–Crippen LogP) is 3.59. The summed E-state index contributed by atoms with van der Waals surface area (Å²) in [6.45, 7) is -1.14. The summed E-state index contributed by atoms with van der Waals surface area (Å²) >= 11 is 0. The van der Waals surface area contributed by atoms with Crippen molar-refractivity contribution in [1.82, 2.24) is 0 Å². The first-order valence-corrected chi connectivity index (χ1v) is 5.70. The molecule has 19 heavy (non-hydrogen) atoms. The fourth-order valence-corrected chi connectivity index (χ4v) is 1.52. The third kappa shape index (κ3) is 4.25. The highest BCUT2D eigenvalue weighted by molar-refractivity contribution is 5.30. The van der Waals surface area contributed by atoms with Crippen LogP contribution < -0.4 is 4.74 Å². The zero-order valence-electron chi connectivity index (χ0n) is 21.1. The van der Waals surface area contributed by atoms with Gasteiger partial charge in [0.1, 0.15) is 5.75 Å². The summed E-state index contributed by atoms with van der Waals surface area (Å²) in [4.78, 5) is 0. The first-order valence-electron chi connectivity index (χ1n) is 11.2. The van der Waals surface area contributed by atoms with E-state index in [2.05, 4.69) is 0 Å². The summed E-state index contributed by atoms with van der Waals surface area (Å²) in [5.41, 5.74) is 0.268. The maximum atomic E-state index is 9.90. The van der Waals surface area contributed by atoms with Gasteiger partial charge in [-0.2, -0.15) is 5.26 Å². The molecule has 1 aliphatic rings. The monoisotopic (exact) mass is 270 g/mol. The van der Waals surface area contributed by atoms with E-state index in [1.165, 1.54) is 24.3 Å². The molecule has 0 aromatic heterocycles. The number of hydrogen-bond acceptors (Lipinski definition) is 3. The lowest BCUT2D eigenvalue weighted by atomic mass is 9.90. The second kappa shape index (κ2) is 7.16. The highest BCUT2D eigenvalue weighted by Crippen LogP contribution is 2.26. The predicted molar refractivity (Wildman–Crippen MR) is 73.7 cm³/mol. The van der Waals surface area contributed by atoms with E-state index in [4.69, 9.17) is 25.1 Å². The Balaban J connectivity index is 2.47. The summed E-state index contributed by atoms with van der Waals surface area (Å²) in [5.74, 6) is -3.22. The van der Waals surface area contributed by atoms with Gasteiger partial charge in [-0.15, -0.1) is 0 Å². The Kier molecular flexibility index (Phi) is 2.06. The molecule has 0 amide bonds. The van der Waals surface area contributed by atoms with Crippen molar-refractivity contribution >= 4 is 0 Å². The van der Waals surface area contributed by atoms with Gasteiger partial charge in [-0.05, 0) is 36.3 Å². The van der Waals surface area contributed by atoms with Crippen molar-refractivity contribution in [2.75, 3.05) is 6.61 Å². The molecule has 0 bridgehead atoms. The van der Waals surface area contributed by atoms with Crippen LogP contribution in [-0.4, -0.2) is 11.7 Å². The number of aliphatic hydroxyl groups excluding tert-OH is 1. The van der Waals surface area contributed by atoms with Crippen molar-refractivity contribution in [3.8, 4) is 11.8 Å². The lowest BCUT2D eigenvalue weighted by Crippen LogP contribution is -2.15. The summed E-state index contributed by atoms with van der Waals surface area (Å²) < 4.78 is 93.4. The number of nitrogens with zero attached hydrogens (tertiary/aromatic N) is 1. The second-order valence-electron chi connectivity index (χ2n) is 3.84. The highest BCUT2D eigenvalue weighted by Gasteiger charge is 2.14. The average molecular weight is 270 g/mol. The smallest absolute Gasteiger partial charge is 0.119 e. The standard InChI is InChI=1S/C16H21NO2/c17-10-9-16(18)14-7-4-8-15(11-14)19-12-13-5-2-1-3-6-13/h4,7-8,11,13,16,18H,1-3,5-6,9,12H2/i1D2,2D2,3D2,5D2,6D2,13D. The summed E-state index contributed by atoms with van der Waals surface area (Å²) in [6, 6.07) is 7.33. The average Bonchev–Trinajstić information content (AvgIpc) is 2.64. The van der Waals surface area contributed by atoms with Crippen LogP contribution in [-0.2, 0) is 0 Å². The van der Waals surface area contributed by atoms with E-state index in [9.17, 15) is 5.11 Å². The maximum absolute atomic E-state index is 9.90. The number of aliphatic hydroxyl groups is 1. The zero-order chi connectivity index (χ0) is 23.4. The van der Waals surface area contributed by atoms with Crippen molar-refractivity contribution < 1.29 is 24.9 Å². The summed E-state index contributed by atoms with van der Waals surface area (Å²) in [5, 5.41) is 18.6. The molecule has 1 unspecified atom stereocenters. The first kappa shape index (κ1) is 5.46. The van der Waals surface area contributed by atoms with Gasteiger partial charge in [-0.3, -0.25) is 0 Å². The van der Waals surface area contributed by atoms with Gasteiger partial charge < -0.3 is 9.84 Å². The normalized spacial score (nSPS) is 41.2. The van der Waals surface area contributed by atoms with Gasteiger partial charge in [0.2, 0.25) is 0 Å². The van der Waals surface area contributed by atoms with Crippen molar-refractivity contribution in [1.29, 1.82) is 5.26 Å². The Bertz CT molecular complexity index is 820. The molecule has 1 atom stereocenters.